The van der Waals surface area contributed by atoms with Crippen LogP contribution in [0, 0.1) is 0 Å². The van der Waals surface area contributed by atoms with Gasteiger partial charge in [-0.1, -0.05) is 52.9 Å². The molecule has 0 nitrogen and oxygen atoms in total. The number of halogens is 1. The highest BCUT2D eigenvalue weighted by Crippen LogP contribution is 2.12. The largest absolute Gasteiger partial charge is 0.0991 e. The maximum absolute atomic E-state index is 3.60. The van der Waals surface area contributed by atoms with E-state index in [1.165, 1.54) is 5.56 Å². The molecule has 0 heterocycles. The molecule has 0 aromatic heterocycles. The van der Waals surface area contributed by atoms with Gasteiger partial charge < -0.3 is 0 Å². The fraction of sp³-hybridized carbons (Fsp3) is 0. The third-order valence-corrected chi connectivity index (χ3v) is 1.77. The van der Waals surface area contributed by atoms with Gasteiger partial charge in [0.15, 0.2) is 0 Å². The highest BCUT2D eigenvalue weighted by Gasteiger charge is 1.86. The van der Waals surface area contributed by atoms with E-state index in [1.54, 1.807) is 6.08 Å². The highest BCUT2D eigenvalue weighted by atomic mass is 79.9. The van der Waals surface area contributed by atoms with E-state index in [0.717, 1.165) is 4.47 Å². The van der Waals surface area contributed by atoms with Crippen molar-refractivity contribution in [1.82, 2.24) is 0 Å². The lowest BCUT2D eigenvalue weighted by atomic mass is 10.2. The molecule has 0 aliphatic carbocycles. The summed E-state index contributed by atoms with van der Waals surface area (Å²) in [6.45, 7) is 3.60. The first-order chi connectivity index (χ1) is 5.33. The van der Waals surface area contributed by atoms with Gasteiger partial charge in [-0.05, 0) is 17.7 Å². The van der Waals surface area contributed by atoms with Gasteiger partial charge in [0.25, 0.3) is 0 Å². The number of benzene rings is 1. The maximum Gasteiger partial charge on any atom is 0.0181 e. The summed E-state index contributed by atoms with van der Waals surface area (Å²) < 4.78 is 1.10. The number of rotatable bonds is 2. The molecular formula is C10H9Br. The van der Waals surface area contributed by atoms with Crippen LogP contribution < -0.4 is 0 Å². The predicted octanol–water partition coefficient (Wildman–Crippen LogP) is 3.65. The van der Waals surface area contributed by atoms with Crippen LogP contribution in [0.3, 0.4) is 0 Å². The molecule has 0 aliphatic rings. The van der Waals surface area contributed by atoms with Crippen LogP contribution in [0.15, 0.2) is 47.5 Å². The first-order valence-electron chi connectivity index (χ1n) is 3.37. The van der Waals surface area contributed by atoms with Crippen molar-refractivity contribution in [3.63, 3.8) is 0 Å². The van der Waals surface area contributed by atoms with Crippen LogP contribution in [-0.4, -0.2) is 0 Å². The molecule has 11 heavy (non-hydrogen) atoms. The van der Waals surface area contributed by atoms with Gasteiger partial charge in [-0.15, -0.1) is 0 Å². The van der Waals surface area contributed by atoms with Gasteiger partial charge in [0.1, 0.15) is 0 Å². The van der Waals surface area contributed by atoms with E-state index >= 15 is 0 Å². The van der Waals surface area contributed by atoms with Gasteiger partial charge in [0, 0.05) is 4.47 Å². The van der Waals surface area contributed by atoms with Crippen molar-refractivity contribution in [1.29, 1.82) is 0 Å². The van der Waals surface area contributed by atoms with Gasteiger partial charge in [-0.2, -0.15) is 0 Å². The zero-order chi connectivity index (χ0) is 8.10. The van der Waals surface area contributed by atoms with E-state index in [4.69, 9.17) is 0 Å². The summed E-state index contributed by atoms with van der Waals surface area (Å²) in [5, 5.41) is 0. The van der Waals surface area contributed by atoms with Crippen LogP contribution in [0.2, 0.25) is 0 Å². The third kappa shape index (κ3) is 2.72. The number of allylic oxidation sites excluding steroid dienone is 2. The summed E-state index contributed by atoms with van der Waals surface area (Å²) in [5.74, 6) is 0. The molecule has 0 saturated carbocycles. The second-order valence-electron chi connectivity index (χ2n) is 2.15. The topological polar surface area (TPSA) is 0 Å². The van der Waals surface area contributed by atoms with Crippen molar-refractivity contribution in [2.24, 2.45) is 0 Å². The van der Waals surface area contributed by atoms with Crippen molar-refractivity contribution in [3.05, 3.63) is 53.0 Å². The van der Waals surface area contributed by atoms with E-state index in [9.17, 15) is 0 Å². The Kier molecular flexibility index (Phi) is 3.12. The molecule has 56 valence electrons. The molecule has 0 unspecified atom stereocenters. The Bertz CT molecular complexity index is 274. The van der Waals surface area contributed by atoms with Gasteiger partial charge in [0.05, 0.1) is 0 Å². The first kappa shape index (κ1) is 8.28. The van der Waals surface area contributed by atoms with E-state index in [-0.39, 0.29) is 0 Å². The van der Waals surface area contributed by atoms with Crippen molar-refractivity contribution < 1.29 is 0 Å². The molecule has 0 amide bonds. The van der Waals surface area contributed by atoms with Crippen LogP contribution in [-0.2, 0) is 0 Å². The highest BCUT2D eigenvalue weighted by molar-refractivity contribution is 9.10. The third-order valence-electron chi connectivity index (χ3n) is 1.27. The minimum Gasteiger partial charge on any atom is -0.0991 e. The van der Waals surface area contributed by atoms with Crippen molar-refractivity contribution in [2.45, 2.75) is 0 Å². The van der Waals surface area contributed by atoms with Crippen LogP contribution in [0.4, 0.5) is 0 Å². The minimum atomic E-state index is 1.10. The lowest BCUT2D eigenvalue weighted by molar-refractivity contribution is 1.61. The van der Waals surface area contributed by atoms with Gasteiger partial charge >= 0.3 is 0 Å². The number of hydrogen-bond acceptors (Lipinski definition) is 0. The molecule has 1 heteroatoms. The Hall–Kier alpha value is -0.820. The average molecular weight is 209 g/mol. The van der Waals surface area contributed by atoms with E-state index in [2.05, 4.69) is 28.6 Å². The fourth-order valence-electron chi connectivity index (χ4n) is 0.789. The maximum atomic E-state index is 3.60. The number of hydrogen-bond donors (Lipinski definition) is 0. The Morgan fingerprint density at radius 3 is 2.82 bits per heavy atom. The molecule has 0 spiro atoms. The van der Waals surface area contributed by atoms with E-state index < -0.39 is 0 Å². The van der Waals surface area contributed by atoms with Gasteiger partial charge in [-0.3, -0.25) is 0 Å². The summed E-state index contributed by atoms with van der Waals surface area (Å²) in [6.07, 6.45) is 5.69. The van der Waals surface area contributed by atoms with E-state index in [1.807, 2.05) is 30.4 Å². The Morgan fingerprint density at radius 2 is 2.18 bits per heavy atom. The summed E-state index contributed by atoms with van der Waals surface area (Å²) in [4.78, 5) is 0. The van der Waals surface area contributed by atoms with E-state index in [0.29, 0.717) is 0 Å². The molecule has 1 aromatic rings. The molecular weight excluding hydrogens is 200 g/mol. The molecule has 0 N–H and O–H groups in total. The summed E-state index contributed by atoms with van der Waals surface area (Å²) in [6, 6.07) is 8.11. The minimum absolute atomic E-state index is 1.10. The lowest BCUT2D eigenvalue weighted by Gasteiger charge is -1.92. The predicted molar refractivity (Wildman–Crippen MR) is 53.4 cm³/mol. The summed E-state index contributed by atoms with van der Waals surface area (Å²) >= 11 is 3.39. The molecule has 0 fully saturated rings. The Balaban J connectivity index is 2.87. The average Bonchev–Trinajstić information content (AvgIpc) is 2.01. The summed E-state index contributed by atoms with van der Waals surface area (Å²) in [5.41, 5.74) is 1.18. The zero-order valence-corrected chi connectivity index (χ0v) is 7.71. The van der Waals surface area contributed by atoms with Crippen LogP contribution >= 0.6 is 15.9 Å². The molecule has 1 rings (SSSR count). The van der Waals surface area contributed by atoms with Crippen LogP contribution in [0.5, 0.6) is 0 Å². The molecule has 0 radical (unpaired) electrons. The van der Waals surface area contributed by atoms with Crippen molar-refractivity contribution in [3.8, 4) is 0 Å². The molecule has 0 bridgehead atoms. The van der Waals surface area contributed by atoms with Crippen molar-refractivity contribution >= 4 is 22.0 Å². The first-order valence-corrected chi connectivity index (χ1v) is 4.17. The SMILES string of the molecule is C=C/C=C/c1cccc(Br)c1. The van der Waals surface area contributed by atoms with Crippen LogP contribution in [0.1, 0.15) is 5.56 Å². The summed E-state index contributed by atoms with van der Waals surface area (Å²) in [7, 11) is 0. The molecule has 0 aliphatic heterocycles. The molecule has 0 atom stereocenters. The van der Waals surface area contributed by atoms with Crippen LogP contribution in [0.25, 0.3) is 6.08 Å². The normalized spacial score (nSPS) is 10.3. The molecule has 1 aromatic carbocycles. The molecule has 0 saturated heterocycles. The fourth-order valence-corrected chi connectivity index (χ4v) is 1.21. The van der Waals surface area contributed by atoms with Gasteiger partial charge in [0.2, 0.25) is 0 Å². The van der Waals surface area contributed by atoms with Crippen molar-refractivity contribution in [2.75, 3.05) is 0 Å². The Labute approximate surface area is 75.4 Å². The second-order valence-corrected chi connectivity index (χ2v) is 3.07. The van der Waals surface area contributed by atoms with Gasteiger partial charge in [-0.25, -0.2) is 0 Å². The quantitative estimate of drug-likeness (QED) is 0.652. The zero-order valence-electron chi connectivity index (χ0n) is 6.13. The Morgan fingerprint density at radius 1 is 1.36 bits per heavy atom. The smallest absolute Gasteiger partial charge is 0.0181 e. The standard InChI is InChI=1S/C10H9Br/c1-2-3-5-9-6-4-7-10(11)8-9/h2-8H,1H2/b5-3+. The second kappa shape index (κ2) is 4.14. The lowest BCUT2D eigenvalue weighted by Crippen LogP contribution is -1.69. The monoisotopic (exact) mass is 208 g/mol.